The predicted octanol–water partition coefficient (Wildman–Crippen LogP) is 1.84. The second-order valence-electron chi connectivity index (χ2n) is 4.73. The summed E-state index contributed by atoms with van der Waals surface area (Å²) in [6, 6.07) is 3.18. The molecule has 2 heterocycles. The number of hydrogen-bond acceptors (Lipinski definition) is 4. The van der Waals surface area contributed by atoms with E-state index in [1.807, 2.05) is 11.5 Å². The number of H-pyrrole nitrogens is 1. The van der Waals surface area contributed by atoms with Gasteiger partial charge in [0.1, 0.15) is 5.69 Å². The van der Waals surface area contributed by atoms with E-state index in [9.17, 15) is 4.79 Å². The maximum atomic E-state index is 11.5. The standard InChI is InChI=1S/C12H17N5OS/c1-4-17-10(18)6-5-9(15-17)11-13-14-12(19)16(11)7-8(2)3/h5-6,8H,4,7H2,1-3H3,(H,14,19). The maximum absolute atomic E-state index is 11.5. The van der Waals surface area contributed by atoms with Crippen LogP contribution in [-0.4, -0.2) is 24.5 Å². The van der Waals surface area contributed by atoms with Crippen LogP contribution in [0.1, 0.15) is 20.8 Å². The van der Waals surface area contributed by atoms with Crippen LogP contribution < -0.4 is 5.56 Å². The van der Waals surface area contributed by atoms with Gasteiger partial charge in [-0.05, 0) is 31.1 Å². The molecule has 0 radical (unpaired) electrons. The third-order valence-electron chi connectivity index (χ3n) is 2.70. The highest BCUT2D eigenvalue weighted by atomic mass is 32.1. The highest BCUT2D eigenvalue weighted by Crippen LogP contribution is 2.14. The zero-order valence-electron chi connectivity index (χ0n) is 11.3. The molecule has 0 atom stereocenters. The monoisotopic (exact) mass is 279 g/mol. The minimum atomic E-state index is -0.115. The largest absolute Gasteiger partial charge is 0.299 e. The topological polar surface area (TPSA) is 68.5 Å². The van der Waals surface area contributed by atoms with E-state index in [0.717, 1.165) is 6.54 Å². The van der Waals surface area contributed by atoms with E-state index in [2.05, 4.69) is 29.1 Å². The smallest absolute Gasteiger partial charge is 0.266 e. The van der Waals surface area contributed by atoms with Crippen molar-refractivity contribution in [1.82, 2.24) is 24.5 Å². The molecule has 0 bridgehead atoms. The molecule has 0 aliphatic rings. The Morgan fingerprint density at radius 3 is 2.79 bits per heavy atom. The number of aromatic nitrogens is 5. The first-order chi connectivity index (χ1) is 9.02. The molecule has 102 valence electrons. The zero-order chi connectivity index (χ0) is 14.0. The first-order valence-electron chi connectivity index (χ1n) is 6.26. The van der Waals surface area contributed by atoms with Crippen LogP contribution in [0.5, 0.6) is 0 Å². The summed E-state index contributed by atoms with van der Waals surface area (Å²) in [5.74, 6) is 1.11. The van der Waals surface area contributed by atoms with Crippen molar-refractivity contribution in [3.63, 3.8) is 0 Å². The molecule has 0 unspecified atom stereocenters. The summed E-state index contributed by atoms with van der Waals surface area (Å²) in [7, 11) is 0. The second-order valence-corrected chi connectivity index (χ2v) is 5.12. The van der Waals surface area contributed by atoms with Gasteiger partial charge in [-0.25, -0.2) is 4.68 Å². The average molecular weight is 279 g/mol. The summed E-state index contributed by atoms with van der Waals surface area (Å²) in [6.45, 7) is 7.39. The Labute approximate surface area is 116 Å². The number of nitrogens with zero attached hydrogens (tertiary/aromatic N) is 4. The summed E-state index contributed by atoms with van der Waals surface area (Å²) in [6.07, 6.45) is 0. The quantitative estimate of drug-likeness (QED) is 0.867. The maximum Gasteiger partial charge on any atom is 0.266 e. The van der Waals surface area contributed by atoms with Gasteiger partial charge >= 0.3 is 0 Å². The molecule has 0 amide bonds. The first kappa shape index (κ1) is 13.7. The van der Waals surface area contributed by atoms with Crippen molar-refractivity contribution >= 4 is 12.2 Å². The highest BCUT2D eigenvalue weighted by Gasteiger charge is 2.12. The van der Waals surface area contributed by atoms with Crippen molar-refractivity contribution in [2.45, 2.75) is 33.9 Å². The van der Waals surface area contributed by atoms with Crippen LogP contribution in [0, 0.1) is 10.7 Å². The summed E-state index contributed by atoms with van der Waals surface area (Å²) < 4.78 is 3.89. The molecular formula is C12H17N5OS. The molecule has 0 aliphatic carbocycles. The van der Waals surface area contributed by atoms with Crippen molar-refractivity contribution in [3.05, 3.63) is 27.3 Å². The zero-order valence-corrected chi connectivity index (χ0v) is 12.1. The Morgan fingerprint density at radius 2 is 2.16 bits per heavy atom. The highest BCUT2D eigenvalue weighted by molar-refractivity contribution is 7.71. The van der Waals surface area contributed by atoms with E-state index in [4.69, 9.17) is 12.2 Å². The normalized spacial score (nSPS) is 11.2. The van der Waals surface area contributed by atoms with Gasteiger partial charge in [-0.3, -0.25) is 14.5 Å². The van der Waals surface area contributed by atoms with Crippen LogP contribution >= 0.6 is 12.2 Å². The van der Waals surface area contributed by atoms with Crippen LogP contribution in [0.2, 0.25) is 0 Å². The van der Waals surface area contributed by atoms with Gasteiger partial charge < -0.3 is 0 Å². The molecule has 1 N–H and O–H groups in total. The molecule has 6 nitrogen and oxygen atoms in total. The minimum Gasteiger partial charge on any atom is -0.299 e. The number of aromatic amines is 1. The van der Waals surface area contributed by atoms with Gasteiger partial charge in [0.05, 0.1) is 0 Å². The summed E-state index contributed by atoms with van der Waals surface area (Å²) >= 11 is 5.23. The molecule has 7 heteroatoms. The summed E-state index contributed by atoms with van der Waals surface area (Å²) in [5, 5.41) is 11.3. The Kier molecular flexibility index (Phi) is 3.94. The van der Waals surface area contributed by atoms with Crippen molar-refractivity contribution in [2.24, 2.45) is 5.92 Å². The van der Waals surface area contributed by atoms with E-state index in [0.29, 0.717) is 28.8 Å². The molecule has 0 spiro atoms. The fourth-order valence-electron chi connectivity index (χ4n) is 1.84. The van der Waals surface area contributed by atoms with E-state index < -0.39 is 0 Å². The molecule has 0 aromatic carbocycles. The Bertz CT molecular complexity index is 682. The Morgan fingerprint density at radius 1 is 1.42 bits per heavy atom. The number of hydrogen-bond donors (Lipinski definition) is 1. The lowest BCUT2D eigenvalue weighted by molar-refractivity contribution is 0.519. The van der Waals surface area contributed by atoms with Crippen molar-refractivity contribution < 1.29 is 0 Å². The van der Waals surface area contributed by atoms with Crippen LogP contribution in [0.3, 0.4) is 0 Å². The van der Waals surface area contributed by atoms with Gasteiger partial charge in [-0.15, -0.1) is 0 Å². The lowest BCUT2D eigenvalue weighted by Gasteiger charge is -2.09. The van der Waals surface area contributed by atoms with Crippen LogP contribution in [-0.2, 0) is 13.1 Å². The minimum absolute atomic E-state index is 0.115. The number of rotatable bonds is 4. The molecule has 0 fully saturated rings. The molecule has 2 rings (SSSR count). The molecule has 0 aliphatic heterocycles. The molecular weight excluding hydrogens is 262 g/mol. The third kappa shape index (κ3) is 2.81. The van der Waals surface area contributed by atoms with Crippen molar-refractivity contribution in [3.8, 4) is 11.5 Å². The van der Waals surface area contributed by atoms with E-state index in [-0.39, 0.29) is 5.56 Å². The predicted molar refractivity (Wildman–Crippen MR) is 75.4 cm³/mol. The van der Waals surface area contributed by atoms with Crippen LogP contribution in [0.25, 0.3) is 11.5 Å². The lowest BCUT2D eigenvalue weighted by Crippen LogP contribution is -2.21. The molecule has 0 saturated carbocycles. The van der Waals surface area contributed by atoms with Gasteiger partial charge in [0.2, 0.25) is 0 Å². The van der Waals surface area contributed by atoms with Crippen molar-refractivity contribution in [1.29, 1.82) is 0 Å². The average Bonchev–Trinajstić information content (AvgIpc) is 2.71. The van der Waals surface area contributed by atoms with Gasteiger partial charge in [-0.2, -0.15) is 10.2 Å². The fourth-order valence-corrected chi connectivity index (χ4v) is 2.05. The first-order valence-corrected chi connectivity index (χ1v) is 6.67. The van der Waals surface area contributed by atoms with E-state index >= 15 is 0 Å². The molecule has 0 saturated heterocycles. The van der Waals surface area contributed by atoms with Crippen LogP contribution in [0.15, 0.2) is 16.9 Å². The summed E-state index contributed by atoms with van der Waals surface area (Å²) in [4.78, 5) is 11.5. The SMILES string of the molecule is CCn1nc(-c2n[nH]c(=S)n2CC(C)C)ccc1=O. The van der Waals surface area contributed by atoms with Gasteiger partial charge in [0.15, 0.2) is 10.6 Å². The lowest BCUT2D eigenvalue weighted by atomic mass is 10.2. The molecule has 19 heavy (non-hydrogen) atoms. The van der Waals surface area contributed by atoms with Crippen LogP contribution in [0.4, 0.5) is 0 Å². The fraction of sp³-hybridized carbons (Fsp3) is 0.500. The molecule has 2 aromatic rings. The second kappa shape index (κ2) is 5.48. The third-order valence-corrected chi connectivity index (χ3v) is 3.01. The number of nitrogens with one attached hydrogen (secondary N) is 1. The summed E-state index contributed by atoms with van der Waals surface area (Å²) in [5.41, 5.74) is 0.533. The Hall–Kier alpha value is -1.76. The molecule has 2 aromatic heterocycles. The van der Waals surface area contributed by atoms with Gasteiger partial charge in [0, 0.05) is 19.2 Å². The number of aryl methyl sites for hydroxylation is 1. The van der Waals surface area contributed by atoms with Crippen molar-refractivity contribution in [2.75, 3.05) is 0 Å². The van der Waals surface area contributed by atoms with Gasteiger partial charge in [-0.1, -0.05) is 13.8 Å². The van der Waals surface area contributed by atoms with E-state index in [1.54, 1.807) is 6.07 Å². The Balaban J connectivity index is 2.53. The van der Waals surface area contributed by atoms with E-state index in [1.165, 1.54) is 10.7 Å². The van der Waals surface area contributed by atoms with Gasteiger partial charge in [0.25, 0.3) is 5.56 Å².